The Morgan fingerprint density at radius 2 is 2.31 bits per heavy atom. The molecule has 0 bridgehead atoms. The Kier molecular flexibility index (Phi) is 4.11. The van der Waals surface area contributed by atoms with E-state index in [-0.39, 0.29) is 5.54 Å². The summed E-state index contributed by atoms with van der Waals surface area (Å²) in [6.07, 6.45) is 3.99. The van der Waals surface area contributed by atoms with Crippen LogP contribution in [0, 0.1) is 0 Å². The molecule has 1 N–H and O–H groups in total. The average Bonchev–Trinajstić information content (AvgIpc) is 2.76. The van der Waals surface area contributed by atoms with Crippen molar-refractivity contribution in [3.63, 3.8) is 0 Å². The Morgan fingerprint density at radius 3 is 2.94 bits per heavy atom. The van der Waals surface area contributed by atoms with Crippen molar-refractivity contribution < 1.29 is 0 Å². The van der Waals surface area contributed by atoms with E-state index in [1.54, 1.807) is 0 Å². The van der Waals surface area contributed by atoms with Crippen molar-refractivity contribution >= 4 is 28.7 Å². The molecule has 4 heteroatoms. The Morgan fingerprint density at radius 1 is 1.50 bits per heavy atom. The standard InChI is InChI=1S/C12H22N2S2/c1-4-15-10-7-5-6-9(10)13-11-14-12(2,3)8-16-11/h9-10H,4-8H2,1-3H3,(H,13,14). The molecule has 1 aliphatic heterocycles. The van der Waals surface area contributed by atoms with Crippen molar-refractivity contribution in [2.75, 3.05) is 11.5 Å². The lowest BCUT2D eigenvalue weighted by molar-refractivity contribution is 0.534. The zero-order valence-corrected chi connectivity index (χ0v) is 12.1. The highest BCUT2D eigenvalue weighted by Crippen LogP contribution is 2.33. The molecule has 1 saturated heterocycles. The molecule has 2 rings (SSSR count). The average molecular weight is 258 g/mol. The topological polar surface area (TPSA) is 24.4 Å². The summed E-state index contributed by atoms with van der Waals surface area (Å²) in [5, 5.41) is 5.47. The molecule has 16 heavy (non-hydrogen) atoms. The molecule has 2 unspecified atom stereocenters. The van der Waals surface area contributed by atoms with Crippen LogP contribution in [0.3, 0.4) is 0 Å². The molecule has 1 saturated carbocycles. The number of rotatable bonds is 3. The fourth-order valence-corrected chi connectivity index (χ4v) is 4.60. The maximum absolute atomic E-state index is 4.92. The van der Waals surface area contributed by atoms with Crippen LogP contribution in [0.25, 0.3) is 0 Å². The van der Waals surface area contributed by atoms with E-state index in [0.29, 0.717) is 6.04 Å². The van der Waals surface area contributed by atoms with Gasteiger partial charge >= 0.3 is 0 Å². The van der Waals surface area contributed by atoms with E-state index in [1.807, 2.05) is 11.8 Å². The van der Waals surface area contributed by atoms with Crippen LogP contribution in [0.4, 0.5) is 0 Å². The largest absolute Gasteiger partial charge is 0.359 e. The first-order valence-electron chi connectivity index (χ1n) is 6.21. The number of amidine groups is 1. The van der Waals surface area contributed by atoms with Crippen LogP contribution in [-0.2, 0) is 0 Å². The molecule has 1 heterocycles. The number of aliphatic imine (C=N–C) groups is 1. The van der Waals surface area contributed by atoms with Gasteiger partial charge in [-0.1, -0.05) is 25.1 Å². The van der Waals surface area contributed by atoms with Crippen molar-refractivity contribution in [1.29, 1.82) is 0 Å². The lowest BCUT2D eigenvalue weighted by Gasteiger charge is -2.18. The van der Waals surface area contributed by atoms with Crippen LogP contribution in [0.1, 0.15) is 40.0 Å². The lowest BCUT2D eigenvalue weighted by atomic mass is 10.1. The van der Waals surface area contributed by atoms with Crippen LogP contribution < -0.4 is 5.32 Å². The predicted octanol–water partition coefficient (Wildman–Crippen LogP) is 3.13. The zero-order valence-electron chi connectivity index (χ0n) is 10.5. The Labute approximate surface area is 107 Å². The minimum atomic E-state index is 0.232. The van der Waals surface area contributed by atoms with E-state index in [9.17, 15) is 0 Å². The van der Waals surface area contributed by atoms with Crippen LogP contribution >= 0.6 is 23.5 Å². The summed E-state index contributed by atoms with van der Waals surface area (Å²) >= 11 is 3.97. The van der Waals surface area contributed by atoms with Crippen LogP contribution in [0.15, 0.2) is 4.99 Å². The first kappa shape index (κ1) is 12.6. The van der Waals surface area contributed by atoms with Gasteiger partial charge in [-0.15, -0.1) is 0 Å². The van der Waals surface area contributed by atoms with Crippen LogP contribution in [0.5, 0.6) is 0 Å². The first-order valence-corrected chi connectivity index (χ1v) is 8.24. The van der Waals surface area contributed by atoms with E-state index in [4.69, 9.17) is 4.99 Å². The van der Waals surface area contributed by atoms with Gasteiger partial charge in [0.05, 0.1) is 6.04 Å². The molecule has 2 aliphatic rings. The summed E-state index contributed by atoms with van der Waals surface area (Å²) in [5.74, 6) is 2.36. The van der Waals surface area contributed by atoms with Gasteiger partial charge in [-0.05, 0) is 32.4 Å². The van der Waals surface area contributed by atoms with E-state index >= 15 is 0 Å². The monoisotopic (exact) mass is 258 g/mol. The van der Waals surface area contributed by atoms with Gasteiger partial charge in [0.15, 0.2) is 5.17 Å². The molecular weight excluding hydrogens is 236 g/mol. The molecule has 0 spiro atoms. The molecule has 92 valence electrons. The zero-order chi connectivity index (χ0) is 11.6. The SMILES string of the molecule is CCSC1CCCC1N=C1NC(C)(C)CS1. The molecular formula is C12H22N2S2. The molecule has 2 fully saturated rings. The highest BCUT2D eigenvalue weighted by molar-refractivity contribution is 8.14. The molecule has 2 nitrogen and oxygen atoms in total. The number of thioether (sulfide) groups is 2. The van der Waals surface area contributed by atoms with Gasteiger partial charge < -0.3 is 5.32 Å². The molecule has 0 aromatic heterocycles. The van der Waals surface area contributed by atoms with Gasteiger partial charge in [0, 0.05) is 16.5 Å². The summed E-state index contributed by atoms with van der Waals surface area (Å²) in [6, 6.07) is 0.564. The second-order valence-corrected chi connectivity index (χ2v) is 7.70. The molecule has 0 radical (unpaired) electrons. The Bertz CT molecular complexity index is 276. The molecule has 0 aromatic rings. The van der Waals surface area contributed by atoms with Crippen molar-refractivity contribution in [2.24, 2.45) is 4.99 Å². The van der Waals surface area contributed by atoms with Gasteiger partial charge in [0.1, 0.15) is 0 Å². The lowest BCUT2D eigenvalue weighted by Crippen LogP contribution is -2.37. The summed E-state index contributed by atoms with van der Waals surface area (Å²) < 4.78 is 0. The van der Waals surface area contributed by atoms with Crippen molar-refractivity contribution in [2.45, 2.75) is 56.9 Å². The van der Waals surface area contributed by atoms with E-state index in [0.717, 1.165) is 11.0 Å². The molecule has 1 aliphatic carbocycles. The maximum atomic E-state index is 4.92. The van der Waals surface area contributed by atoms with E-state index in [1.165, 1.54) is 30.2 Å². The minimum absolute atomic E-state index is 0.232. The maximum Gasteiger partial charge on any atom is 0.157 e. The third-order valence-electron chi connectivity index (χ3n) is 3.10. The van der Waals surface area contributed by atoms with Crippen molar-refractivity contribution in [1.82, 2.24) is 5.32 Å². The van der Waals surface area contributed by atoms with Gasteiger partial charge in [-0.25, -0.2) is 0 Å². The summed E-state index contributed by atoms with van der Waals surface area (Å²) in [6.45, 7) is 6.74. The number of hydrogen-bond donors (Lipinski definition) is 1. The van der Waals surface area contributed by atoms with Crippen LogP contribution in [-0.4, -0.2) is 33.5 Å². The smallest absolute Gasteiger partial charge is 0.157 e. The number of nitrogens with zero attached hydrogens (tertiary/aromatic N) is 1. The van der Waals surface area contributed by atoms with Gasteiger partial charge in [-0.2, -0.15) is 11.8 Å². The number of nitrogens with one attached hydrogen (secondary N) is 1. The fraction of sp³-hybridized carbons (Fsp3) is 0.917. The third kappa shape index (κ3) is 3.10. The normalized spacial score (nSPS) is 35.6. The van der Waals surface area contributed by atoms with E-state index in [2.05, 4.69) is 37.8 Å². The molecule has 0 amide bonds. The van der Waals surface area contributed by atoms with Crippen molar-refractivity contribution in [3.8, 4) is 0 Å². The van der Waals surface area contributed by atoms with E-state index < -0.39 is 0 Å². The predicted molar refractivity (Wildman–Crippen MR) is 76.7 cm³/mol. The summed E-state index contributed by atoms with van der Waals surface area (Å²) in [7, 11) is 0. The summed E-state index contributed by atoms with van der Waals surface area (Å²) in [4.78, 5) is 4.92. The highest BCUT2D eigenvalue weighted by atomic mass is 32.2. The first-order chi connectivity index (χ1) is 7.61. The molecule has 2 atom stereocenters. The molecule has 0 aromatic carbocycles. The van der Waals surface area contributed by atoms with Crippen molar-refractivity contribution in [3.05, 3.63) is 0 Å². The Balaban J connectivity index is 1.95. The van der Waals surface area contributed by atoms with Gasteiger partial charge in [0.25, 0.3) is 0 Å². The minimum Gasteiger partial charge on any atom is -0.359 e. The van der Waals surface area contributed by atoms with Gasteiger partial charge in [-0.3, -0.25) is 4.99 Å². The summed E-state index contributed by atoms with van der Waals surface area (Å²) in [5.41, 5.74) is 0.232. The third-order valence-corrected chi connectivity index (χ3v) is 5.75. The van der Waals surface area contributed by atoms with Gasteiger partial charge in [0.2, 0.25) is 0 Å². The quantitative estimate of drug-likeness (QED) is 0.841. The second kappa shape index (κ2) is 5.21. The number of hydrogen-bond acceptors (Lipinski definition) is 3. The second-order valence-electron chi connectivity index (χ2n) is 5.22. The fourth-order valence-electron chi connectivity index (χ4n) is 2.29. The Hall–Kier alpha value is 0.170. The van der Waals surface area contributed by atoms with Crippen LogP contribution in [0.2, 0.25) is 0 Å². The highest BCUT2D eigenvalue weighted by Gasteiger charge is 2.31.